The Morgan fingerprint density at radius 2 is 1.31 bits per heavy atom. The van der Waals surface area contributed by atoms with Crippen LogP contribution in [0.3, 0.4) is 0 Å². The maximum atomic E-state index is 11.9. The van der Waals surface area contributed by atoms with Gasteiger partial charge in [-0.05, 0) is 25.0 Å². The first-order chi connectivity index (χ1) is 12.7. The molecule has 0 N–H and O–H groups in total. The van der Waals surface area contributed by atoms with Gasteiger partial charge < -0.3 is 9.47 Å². The number of pyridine rings is 1. The van der Waals surface area contributed by atoms with Gasteiger partial charge in [-0.25, -0.2) is 14.6 Å². The van der Waals surface area contributed by atoms with Gasteiger partial charge in [0.05, 0.1) is 18.8 Å². The van der Waals surface area contributed by atoms with Crippen LogP contribution in [-0.4, -0.2) is 30.1 Å². The molecular formula is C21H33NO4. The van der Waals surface area contributed by atoms with Gasteiger partial charge in [-0.2, -0.15) is 0 Å². The average molecular weight is 363 g/mol. The first kappa shape index (κ1) is 22.1. The van der Waals surface area contributed by atoms with E-state index in [1.807, 2.05) is 0 Å². The van der Waals surface area contributed by atoms with Gasteiger partial charge in [0.15, 0.2) is 0 Å². The van der Waals surface area contributed by atoms with E-state index in [0.717, 1.165) is 25.7 Å². The van der Waals surface area contributed by atoms with Crippen molar-refractivity contribution in [2.24, 2.45) is 0 Å². The van der Waals surface area contributed by atoms with E-state index in [9.17, 15) is 9.59 Å². The lowest BCUT2D eigenvalue weighted by molar-refractivity contribution is 0.0477. The minimum atomic E-state index is -0.448. The van der Waals surface area contributed by atoms with E-state index in [1.54, 1.807) is 6.07 Å². The fourth-order valence-electron chi connectivity index (χ4n) is 2.53. The molecule has 1 heterocycles. The van der Waals surface area contributed by atoms with Gasteiger partial charge in [-0.1, -0.05) is 65.2 Å². The third-order valence-corrected chi connectivity index (χ3v) is 4.17. The predicted octanol–water partition coefficient (Wildman–Crippen LogP) is 5.34. The monoisotopic (exact) mass is 363 g/mol. The smallest absolute Gasteiger partial charge is 0.356 e. The summed E-state index contributed by atoms with van der Waals surface area (Å²) >= 11 is 0. The molecule has 0 radical (unpaired) electrons. The van der Waals surface area contributed by atoms with Gasteiger partial charge >= 0.3 is 11.9 Å². The standard InChI is InChI=1S/C21H33NO4/c1-3-5-7-9-11-15-25-20(23)18-13-14-19(22-17-18)21(24)26-16-12-10-8-6-4-2/h13-14,17H,3-12,15-16H2,1-2H3. The Balaban J connectivity index is 2.26. The van der Waals surface area contributed by atoms with Crippen LogP contribution in [0.25, 0.3) is 0 Å². The quantitative estimate of drug-likeness (QED) is 0.330. The third kappa shape index (κ3) is 9.54. The second-order valence-electron chi connectivity index (χ2n) is 6.53. The Morgan fingerprint density at radius 3 is 1.81 bits per heavy atom. The molecule has 0 aliphatic rings. The molecule has 0 spiro atoms. The second-order valence-corrected chi connectivity index (χ2v) is 6.53. The van der Waals surface area contributed by atoms with E-state index in [2.05, 4.69) is 18.8 Å². The van der Waals surface area contributed by atoms with Gasteiger partial charge in [0.1, 0.15) is 5.69 Å². The average Bonchev–Trinajstić information content (AvgIpc) is 2.67. The molecule has 1 aromatic heterocycles. The summed E-state index contributed by atoms with van der Waals surface area (Å²) < 4.78 is 10.4. The molecule has 0 bridgehead atoms. The molecule has 0 aromatic carbocycles. The number of nitrogens with zero attached hydrogens (tertiary/aromatic N) is 1. The zero-order valence-electron chi connectivity index (χ0n) is 16.3. The van der Waals surface area contributed by atoms with Crippen LogP contribution >= 0.6 is 0 Å². The molecule has 5 nitrogen and oxygen atoms in total. The minimum absolute atomic E-state index is 0.217. The minimum Gasteiger partial charge on any atom is -0.462 e. The Kier molecular flexibility index (Phi) is 12.2. The Hall–Kier alpha value is -1.91. The van der Waals surface area contributed by atoms with E-state index in [0.29, 0.717) is 18.8 Å². The van der Waals surface area contributed by atoms with Crippen LogP contribution < -0.4 is 0 Å². The van der Waals surface area contributed by atoms with Gasteiger partial charge in [-0.3, -0.25) is 0 Å². The zero-order chi connectivity index (χ0) is 19.0. The number of hydrogen-bond acceptors (Lipinski definition) is 5. The third-order valence-electron chi connectivity index (χ3n) is 4.17. The number of unbranched alkanes of at least 4 members (excludes halogenated alkanes) is 8. The van der Waals surface area contributed by atoms with Gasteiger partial charge in [0.25, 0.3) is 0 Å². The van der Waals surface area contributed by atoms with Crippen LogP contribution in [0.5, 0.6) is 0 Å². The molecule has 26 heavy (non-hydrogen) atoms. The Labute approximate surface area is 157 Å². The summed E-state index contributed by atoms with van der Waals surface area (Å²) in [5.41, 5.74) is 0.573. The Bertz CT molecular complexity index is 466. The van der Waals surface area contributed by atoms with Crippen molar-refractivity contribution in [3.05, 3.63) is 29.6 Å². The second kappa shape index (κ2) is 14.3. The fourth-order valence-corrected chi connectivity index (χ4v) is 2.53. The van der Waals surface area contributed by atoms with Crippen molar-refractivity contribution in [1.82, 2.24) is 4.98 Å². The highest BCUT2D eigenvalue weighted by molar-refractivity contribution is 5.91. The summed E-state index contributed by atoms with van der Waals surface area (Å²) in [6.07, 6.45) is 12.4. The molecule has 0 aliphatic carbocycles. The highest BCUT2D eigenvalue weighted by Gasteiger charge is 2.12. The van der Waals surface area contributed by atoms with Crippen molar-refractivity contribution in [3.8, 4) is 0 Å². The molecular weight excluding hydrogens is 330 g/mol. The summed E-state index contributed by atoms with van der Waals surface area (Å²) in [6.45, 7) is 5.16. The lowest BCUT2D eigenvalue weighted by Gasteiger charge is -2.06. The number of carbonyl (C=O) groups is 2. The molecule has 0 atom stereocenters. The summed E-state index contributed by atoms with van der Waals surface area (Å²) in [6, 6.07) is 3.07. The summed E-state index contributed by atoms with van der Waals surface area (Å²) in [7, 11) is 0. The van der Waals surface area contributed by atoms with Crippen molar-refractivity contribution in [2.75, 3.05) is 13.2 Å². The lowest BCUT2D eigenvalue weighted by atomic mass is 10.2. The number of hydrogen-bond donors (Lipinski definition) is 0. The highest BCUT2D eigenvalue weighted by Crippen LogP contribution is 2.08. The van der Waals surface area contributed by atoms with Crippen LogP contribution in [0.4, 0.5) is 0 Å². The normalized spacial score (nSPS) is 10.5. The number of ether oxygens (including phenoxy) is 2. The molecule has 1 aromatic rings. The van der Waals surface area contributed by atoms with E-state index in [-0.39, 0.29) is 5.69 Å². The predicted molar refractivity (Wildman–Crippen MR) is 102 cm³/mol. The summed E-state index contributed by atoms with van der Waals surface area (Å²) in [5, 5.41) is 0. The molecule has 0 fully saturated rings. The van der Waals surface area contributed by atoms with Crippen LogP contribution in [-0.2, 0) is 9.47 Å². The molecule has 5 heteroatoms. The van der Waals surface area contributed by atoms with E-state index < -0.39 is 11.9 Å². The van der Waals surface area contributed by atoms with Crippen LogP contribution in [0.15, 0.2) is 18.3 Å². The number of carbonyl (C=O) groups excluding carboxylic acids is 2. The largest absolute Gasteiger partial charge is 0.462 e. The highest BCUT2D eigenvalue weighted by atomic mass is 16.5. The van der Waals surface area contributed by atoms with Gasteiger partial charge in [-0.15, -0.1) is 0 Å². The van der Waals surface area contributed by atoms with Crippen molar-refractivity contribution < 1.29 is 19.1 Å². The molecule has 1 rings (SSSR count). The van der Waals surface area contributed by atoms with Gasteiger partial charge in [0.2, 0.25) is 0 Å². The van der Waals surface area contributed by atoms with Crippen LogP contribution in [0.2, 0.25) is 0 Å². The fraction of sp³-hybridized carbons (Fsp3) is 0.667. The summed E-state index contributed by atoms with van der Waals surface area (Å²) in [4.78, 5) is 27.9. The topological polar surface area (TPSA) is 65.5 Å². The van der Waals surface area contributed by atoms with E-state index in [1.165, 1.54) is 50.8 Å². The maximum Gasteiger partial charge on any atom is 0.356 e. The molecule has 0 saturated heterocycles. The van der Waals surface area contributed by atoms with Crippen LogP contribution in [0.1, 0.15) is 98.9 Å². The molecule has 0 saturated carbocycles. The van der Waals surface area contributed by atoms with Crippen LogP contribution in [0, 0.1) is 0 Å². The first-order valence-corrected chi connectivity index (χ1v) is 9.99. The number of esters is 2. The molecule has 0 aliphatic heterocycles. The van der Waals surface area contributed by atoms with Crippen molar-refractivity contribution >= 4 is 11.9 Å². The van der Waals surface area contributed by atoms with Crippen molar-refractivity contribution in [3.63, 3.8) is 0 Å². The molecule has 0 amide bonds. The molecule has 0 unspecified atom stereocenters. The number of aromatic nitrogens is 1. The van der Waals surface area contributed by atoms with E-state index in [4.69, 9.17) is 9.47 Å². The lowest BCUT2D eigenvalue weighted by Crippen LogP contribution is -2.11. The summed E-state index contributed by atoms with van der Waals surface area (Å²) in [5.74, 6) is -0.847. The van der Waals surface area contributed by atoms with E-state index >= 15 is 0 Å². The van der Waals surface area contributed by atoms with Gasteiger partial charge in [0, 0.05) is 6.20 Å². The zero-order valence-corrected chi connectivity index (χ0v) is 16.3. The maximum absolute atomic E-state index is 11.9. The van der Waals surface area contributed by atoms with Crippen molar-refractivity contribution in [2.45, 2.75) is 78.1 Å². The first-order valence-electron chi connectivity index (χ1n) is 9.99. The molecule has 146 valence electrons. The SMILES string of the molecule is CCCCCCCOC(=O)c1ccc(C(=O)OCCCCCCC)nc1. The number of rotatable bonds is 14. The van der Waals surface area contributed by atoms with Crippen molar-refractivity contribution in [1.29, 1.82) is 0 Å². The Morgan fingerprint density at radius 1 is 0.769 bits per heavy atom.